The van der Waals surface area contributed by atoms with Crippen LogP contribution in [0.3, 0.4) is 0 Å². The lowest BCUT2D eigenvalue weighted by molar-refractivity contribution is -0.121. The van der Waals surface area contributed by atoms with E-state index in [1.807, 2.05) is 13.0 Å². The SMILES string of the molecule is C[C@@H]1CCCCN1S(=O)(=O)c1ccc2c(cnc(=O)n2CC(=O)NCc2ccccc2Cl)c1. The molecule has 0 radical (unpaired) electrons. The molecule has 33 heavy (non-hydrogen) atoms. The molecule has 0 aliphatic carbocycles. The first-order valence-electron chi connectivity index (χ1n) is 10.8. The van der Waals surface area contributed by atoms with Gasteiger partial charge in [-0.2, -0.15) is 4.31 Å². The molecular formula is C23H25ClN4O4S. The summed E-state index contributed by atoms with van der Waals surface area (Å²) < 4.78 is 29.1. The van der Waals surface area contributed by atoms with Gasteiger partial charge in [-0.05, 0) is 49.6 Å². The number of fused-ring (bicyclic) bond motifs is 1. The van der Waals surface area contributed by atoms with E-state index in [9.17, 15) is 18.0 Å². The highest BCUT2D eigenvalue weighted by Crippen LogP contribution is 2.27. The second-order valence-electron chi connectivity index (χ2n) is 8.18. The fourth-order valence-electron chi connectivity index (χ4n) is 4.09. The van der Waals surface area contributed by atoms with Gasteiger partial charge in [0.25, 0.3) is 0 Å². The van der Waals surface area contributed by atoms with E-state index in [-0.39, 0.29) is 29.9 Å². The third kappa shape index (κ3) is 4.95. The molecule has 1 atom stereocenters. The number of nitrogens with one attached hydrogen (secondary N) is 1. The fourth-order valence-corrected chi connectivity index (χ4v) is 6.03. The Hall–Kier alpha value is -2.75. The molecule has 0 unspecified atom stereocenters. The minimum absolute atomic E-state index is 0.0617. The first-order valence-corrected chi connectivity index (χ1v) is 12.6. The summed E-state index contributed by atoms with van der Waals surface area (Å²) in [7, 11) is -3.67. The van der Waals surface area contributed by atoms with E-state index in [0.717, 1.165) is 24.8 Å². The van der Waals surface area contributed by atoms with Gasteiger partial charge >= 0.3 is 5.69 Å². The third-order valence-electron chi connectivity index (χ3n) is 5.92. The zero-order valence-corrected chi connectivity index (χ0v) is 19.8. The van der Waals surface area contributed by atoms with Gasteiger partial charge < -0.3 is 5.32 Å². The molecule has 8 nitrogen and oxygen atoms in total. The molecule has 1 aromatic heterocycles. The molecule has 0 bridgehead atoms. The van der Waals surface area contributed by atoms with Gasteiger partial charge in [0.2, 0.25) is 15.9 Å². The number of carbonyl (C=O) groups is 1. The summed E-state index contributed by atoms with van der Waals surface area (Å²) in [6, 6.07) is 11.7. The molecule has 4 rings (SSSR count). The highest BCUT2D eigenvalue weighted by molar-refractivity contribution is 7.89. The predicted octanol–water partition coefficient (Wildman–Crippen LogP) is 2.93. The molecule has 1 amide bonds. The van der Waals surface area contributed by atoms with Crippen molar-refractivity contribution in [3.63, 3.8) is 0 Å². The monoisotopic (exact) mass is 488 g/mol. The first kappa shape index (κ1) is 23.4. The zero-order chi connectivity index (χ0) is 23.6. The van der Waals surface area contributed by atoms with Gasteiger partial charge in [-0.15, -0.1) is 0 Å². The molecule has 1 aliphatic heterocycles. The first-order chi connectivity index (χ1) is 15.8. The average Bonchev–Trinajstić information content (AvgIpc) is 2.80. The van der Waals surface area contributed by atoms with E-state index >= 15 is 0 Å². The Kier molecular flexibility index (Phi) is 6.83. The van der Waals surface area contributed by atoms with Crippen LogP contribution < -0.4 is 11.0 Å². The Morgan fingerprint density at radius 2 is 2.00 bits per heavy atom. The topological polar surface area (TPSA) is 101 Å². The van der Waals surface area contributed by atoms with Gasteiger partial charge in [-0.1, -0.05) is 36.2 Å². The van der Waals surface area contributed by atoms with Crippen LogP contribution in [0.1, 0.15) is 31.7 Å². The average molecular weight is 489 g/mol. The number of hydrogen-bond acceptors (Lipinski definition) is 5. The van der Waals surface area contributed by atoms with Crippen molar-refractivity contribution in [2.75, 3.05) is 6.54 Å². The van der Waals surface area contributed by atoms with Crippen LogP contribution in [0.5, 0.6) is 0 Å². The highest BCUT2D eigenvalue weighted by Gasteiger charge is 2.31. The van der Waals surface area contributed by atoms with Gasteiger partial charge in [0.1, 0.15) is 6.54 Å². The van der Waals surface area contributed by atoms with Crippen molar-refractivity contribution in [2.24, 2.45) is 0 Å². The highest BCUT2D eigenvalue weighted by atomic mass is 35.5. The lowest BCUT2D eigenvalue weighted by Gasteiger charge is -2.32. The van der Waals surface area contributed by atoms with E-state index in [1.165, 1.54) is 27.2 Å². The standard InChI is InChI=1S/C23H25ClN4O4S/c1-16-6-4-5-11-28(16)33(31,32)19-9-10-21-18(12-19)14-26-23(30)27(21)15-22(29)25-13-17-7-2-3-8-20(17)24/h2-3,7-10,12,14,16H,4-6,11,13,15H2,1H3,(H,25,29)/t16-/m1/s1. The van der Waals surface area contributed by atoms with Crippen molar-refractivity contribution >= 4 is 38.4 Å². The van der Waals surface area contributed by atoms with Crippen LogP contribution in [0.15, 0.2) is 58.4 Å². The third-order valence-corrected chi connectivity index (χ3v) is 8.30. The lowest BCUT2D eigenvalue weighted by atomic mass is 10.1. The number of halogens is 1. The smallest absolute Gasteiger partial charge is 0.348 e. The number of hydrogen-bond donors (Lipinski definition) is 1. The van der Waals surface area contributed by atoms with E-state index in [4.69, 9.17) is 11.6 Å². The predicted molar refractivity (Wildman–Crippen MR) is 127 cm³/mol. The summed E-state index contributed by atoms with van der Waals surface area (Å²) in [5.41, 5.74) is 0.613. The summed E-state index contributed by atoms with van der Waals surface area (Å²) in [6.07, 6.45) is 4.02. The summed E-state index contributed by atoms with van der Waals surface area (Å²) in [5, 5.41) is 3.76. The van der Waals surface area contributed by atoms with Gasteiger partial charge in [0, 0.05) is 35.7 Å². The molecule has 3 aromatic rings. The number of rotatable bonds is 6. The van der Waals surface area contributed by atoms with Crippen LogP contribution >= 0.6 is 11.6 Å². The van der Waals surface area contributed by atoms with E-state index in [2.05, 4.69) is 10.3 Å². The van der Waals surface area contributed by atoms with E-state index < -0.39 is 15.7 Å². The fraction of sp³-hybridized carbons (Fsp3) is 0.348. The van der Waals surface area contributed by atoms with Crippen LogP contribution in [0, 0.1) is 0 Å². The Labute approximate surface area is 197 Å². The Morgan fingerprint density at radius 3 is 2.76 bits per heavy atom. The molecule has 0 spiro atoms. The number of aromatic nitrogens is 2. The number of benzene rings is 2. The Balaban J connectivity index is 1.58. The molecule has 2 heterocycles. The second kappa shape index (κ2) is 9.62. The molecule has 0 saturated carbocycles. The van der Waals surface area contributed by atoms with Gasteiger partial charge in [0.15, 0.2) is 0 Å². The number of amides is 1. The Bertz CT molecular complexity index is 1360. The molecule has 2 aromatic carbocycles. The van der Waals surface area contributed by atoms with Crippen LogP contribution in [0.4, 0.5) is 0 Å². The van der Waals surface area contributed by atoms with E-state index in [0.29, 0.717) is 22.5 Å². The molecule has 1 fully saturated rings. The quantitative estimate of drug-likeness (QED) is 0.574. The lowest BCUT2D eigenvalue weighted by Crippen LogP contribution is -2.41. The summed E-state index contributed by atoms with van der Waals surface area (Å²) in [5.74, 6) is -0.384. The van der Waals surface area contributed by atoms with E-state index in [1.54, 1.807) is 24.3 Å². The molecular weight excluding hydrogens is 464 g/mol. The maximum atomic E-state index is 13.2. The minimum atomic E-state index is -3.67. The van der Waals surface area contributed by atoms with Gasteiger partial charge in [0.05, 0.1) is 10.4 Å². The Morgan fingerprint density at radius 1 is 1.21 bits per heavy atom. The van der Waals surface area contributed by atoms with Crippen molar-refractivity contribution in [1.29, 1.82) is 0 Å². The summed E-state index contributed by atoms with van der Waals surface area (Å²) in [4.78, 5) is 28.9. The van der Waals surface area contributed by atoms with Crippen molar-refractivity contribution in [3.05, 3.63) is 69.7 Å². The van der Waals surface area contributed by atoms with Crippen LogP contribution in [-0.2, 0) is 27.9 Å². The van der Waals surface area contributed by atoms with Crippen molar-refractivity contribution in [3.8, 4) is 0 Å². The zero-order valence-electron chi connectivity index (χ0n) is 18.2. The number of piperidine rings is 1. The van der Waals surface area contributed by atoms with Crippen molar-refractivity contribution in [1.82, 2.24) is 19.2 Å². The van der Waals surface area contributed by atoms with Crippen molar-refractivity contribution in [2.45, 2.75) is 50.2 Å². The maximum absolute atomic E-state index is 13.2. The van der Waals surface area contributed by atoms with Crippen LogP contribution in [-0.4, -0.2) is 40.8 Å². The number of carbonyl (C=O) groups excluding carboxylic acids is 1. The summed E-state index contributed by atoms with van der Waals surface area (Å²) in [6.45, 7) is 2.38. The summed E-state index contributed by atoms with van der Waals surface area (Å²) >= 11 is 6.12. The largest absolute Gasteiger partial charge is 0.350 e. The van der Waals surface area contributed by atoms with Crippen LogP contribution in [0.25, 0.3) is 10.9 Å². The molecule has 1 N–H and O–H groups in total. The molecule has 1 saturated heterocycles. The minimum Gasteiger partial charge on any atom is -0.350 e. The second-order valence-corrected chi connectivity index (χ2v) is 10.5. The maximum Gasteiger partial charge on any atom is 0.348 e. The molecule has 174 valence electrons. The normalized spacial score (nSPS) is 17.2. The number of nitrogens with zero attached hydrogens (tertiary/aromatic N) is 3. The molecule has 10 heteroatoms. The van der Waals surface area contributed by atoms with Crippen LogP contribution in [0.2, 0.25) is 5.02 Å². The van der Waals surface area contributed by atoms with Crippen molar-refractivity contribution < 1.29 is 13.2 Å². The van der Waals surface area contributed by atoms with Gasteiger partial charge in [-0.25, -0.2) is 18.2 Å². The van der Waals surface area contributed by atoms with Gasteiger partial charge in [-0.3, -0.25) is 9.36 Å². The molecule has 1 aliphatic rings. The number of sulfonamides is 1.